The number of ether oxygens (including phenoxy) is 1. The highest BCUT2D eigenvalue weighted by Gasteiger charge is 2.34. The lowest BCUT2D eigenvalue weighted by molar-refractivity contribution is -0.138. The molecule has 0 unspecified atom stereocenters. The zero-order valence-electron chi connectivity index (χ0n) is 8.43. The van der Waals surface area contributed by atoms with Crippen molar-refractivity contribution in [2.24, 2.45) is 0 Å². The molecule has 1 aromatic rings. The van der Waals surface area contributed by atoms with Crippen LogP contribution in [-0.4, -0.2) is 13.1 Å². The number of nitrogens with zero attached hydrogens (tertiary/aromatic N) is 1. The van der Waals surface area contributed by atoms with E-state index in [2.05, 4.69) is 20.7 Å². The van der Waals surface area contributed by atoms with Crippen molar-refractivity contribution >= 4 is 21.9 Å². The molecule has 0 bridgehead atoms. The molecule has 0 aliphatic heterocycles. The van der Waals surface area contributed by atoms with Gasteiger partial charge in [-0.05, 0) is 12.1 Å². The van der Waals surface area contributed by atoms with Crippen molar-refractivity contribution < 1.29 is 22.7 Å². The summed E-state index contributed by atoms with van der Waals surface area (Å²) in [6.07, 6.45) is -4.62. The highest BCUT2D eigenvalue weighted by Crippen LogP contribution is 2.36. The Morgan fingerprint density at radius 2 is 2.06 bits per heavy atom. The van der Waals surface area contributed by atoms with E-state index in [-0.39, 0.29) is 10.0 Å². The topological polar surface area (TPSA) is 50.1 Å². The van der Waals surface area contributed by atoms with Crippen LogP contribution in [-0.2, 0) is 10.9 Å². The maximum atomic E-state index is 12.6. The fraction of sp³-hybridized carbons (Fsp3) is 0.200. The maximum Gasteiger partial charge on any atom is 0.417 e. The zero-order chi connectivity index (χ0) is 13.2. The maximum absolute atomic E-state index is 12.6. The average molecular weight is 308 g/mol. The molecule has 0 atom stereocenters. The Labute approximate surface area is 103 Å². The highest BCUT2D eigenvalue weighted by atomic mass is 79.9. The fourth-order valence-electron chi connectivity index (χ4n) is 1.16. The van der Waals surface area contributed by atoms with Crippen molar-refractivity contribution in [1.82, 2.24) is 0 Å². The van der Waals surface area contributed by atoms with Crippen LogP contribution >= 0.6 is 15.9 Å². The van der Waals surface area contributed by atoms with Crippen LogP contribution in [0.25, 0.3) is 0 Å². The third kappa shape index (κ3) is 2.77. The second kappa shape index (κ2) is 4.75. The van der Waals surface area contributed by atoms with E-state index in [1.165, 1.54) is 0 Å². The van der Waals surface area contributed by atoms with Gasteiger partial charge in [0.05, 0.1) is 23.8 Å². The van der Waals surface area contributed by atoms with Gasteiger partial charge in [0.2, 0.25) is 0 Å². The molecule has 1 rings (SSSR count). The molecule has 3 nitrogen and oxygen atoms in total. The first-order chi connectivity index (χ1) is 7.81. The monoisotopic (exact) mass is 307 g/mol. The van der Waals surface area contributed by atoms with Gasteiger partial charge in [0.25, 0.3) is 0 Å². The van der Waals surface area contributed by atoms with Crippen LogP contribution in [0.4, 0.5) is 13.2 Å². The Hall–Kier alpha value is -1.55. The molecule has 0 N–H and O–H groups in total. The summed E-state index contributed by atoms with van der Waals surface area (Å²) in [6.45, 7) is 0. The van der Waals surface area contributed by atoms with Crippen molar-refractivity contribution in [3.8, 4) is 6.07 Å². The van der Waals surface area contributed by atoms with Gasteiger partial charge >= 0.3 is 12.1 Å². The second-order valence-corrected chi connectivity index (χ2v) is 3.83. The van der Waals surface area contributed by atoms with Gasteiger partial charge in [0.1, 0.15) is 6.07 Å². The summed E-state index contributed by atoms with van der Waals surface area (Å²) in [4.78, 5) is 11.2. The molecule has 0 aromatic heterocycles. The Balaban J connectivity index is 3.50. The number of carbonyl (C=O) groups is 1. The summed E-state index contributed by atoms with van der Waals surface area (Å²) in [6, 6.07) is 3.16. The quantitative estimate of drug-likeness (QED) is 0.749. The average Bonchev–Trinajstić information content (AvgIpc) is 2.25. The SMILES string of the molecule is COC(=O)c1cc(C(F)(F)F)c(Br)cc1C#N. The molecule has 0 spiro atoms. The summed E-state index contributed by atoms with van der Waals surface area (Å²) in [7, 11) is 1.03. The van der Waals surface area contributed by atoms with Crippen molar-refractivity contribution in [2.45, 2.75) is 6.18 Å². The Morgan fingerprint density at radius 3 is 2.47 bits per heavy atom. The number of benzene rings is 1. The smallest absolute Gasteiger partial charge is 0.417 e. The molecule has 0 radical (unpaired) electrons. The van der Waals surface area contributed by atoms with E-state index in [4.69, 9.17) is 5.26 Å². The largest absolute Gasteiger partial charge is 0.465 e. The predicted octanol–water partition coefficient (Wildman–Crippen LogP) is 3.13. The van der Waals surface area contributed by atoms with Gasteiger partial charge in [0, 0.05) is 4.47 Å². The number of alkyl halides is 3. The number of carbonyl (C=O) groups excluding carboxylic acids is 1. The van der Waals surface area contributed by atoms with E-state index in [0.29, 0.717) is 6.07 Å². The Bertz CT molecular complexity index is 505. The van der Waals surface area contributed by atoms with E-state index < -0.39 is 23.3 Å². The van der Waals surface area contributed by atoms with Crippen molar-refractivity contribution in [3.63, 3.8) is 0 Å². The fourth-order valence-corrected chi connectivity index (χ4v) is 1.73. The second-order valence-electron chi connectivity index (χ2n) is 2.98. The number of nitriles is 1. The molecule has 0 fully saturated rings. The van der Waals surface area contributed by atoms with E-state index in [1.807, 2.05) is 0 Å². The molecule has 90 valence electrons. The van der Waals surface area contributed by atoms with Crippen LogP contribution in [0.5, 0.6) is 0 Å². The van der Waals surface area contributed by atoms with Crippen molar-refractivity contribution in [1.29, 1.82) is 5.26 Å². The first-order valence-electron chi connectivity index (χ1n) is 4.20. The number of hydrogen-bond donors (Lipinski definition) is 0. The molecular formula is C10H5BrF3NO2. The molecular weight excluding hydrogens is 303 g/mol. The number of halogens is 4. The molecule has 0 saturated carbocycles. The summed E-state index contributed by atoms with van der Waals surface area (Å²) in [5, 5.41) is 8.72. The molecule has 0 amide bonds. The molecule has 1 aromatic carbocycles. The number of rotatable bonds is 1. The third-order valence-corrected chi connectivity index (χ3v) is 2.59. The normalized spacial score (nSPS) is 10.8. The van der Waals surface area contributed by atoms with Gasteiger partial charge in [-0.2, -0.15) is 18.4 Å². The van der Waals surface area contributed by atoms with Gasteiger partial charge in [-0.3, -0.25) is 0 Å². The van der Waals surface area contributed by atoms with Crippen LogP contribution < -0.4 is 0 Å². The molecule has 17 heavy (non-hydrogen) atoms. The minimum absolute atomic E-state index is 0.184. The highest BCUT2D eigenvalue weighted by molar-refractivity contribution is 9.10. The van der Waals surface area contributed by atoms with E-state index in [0.717, 1.165) is 13.2 Å². The van der Waals surface area contributed by atoms with E-state index in [9.17, 15) is 18.0 Å². The van der Waals surface area contributed by atoms with Crippen LogP contribution in [0.1, 0.15) is 21.5 Å². The van der Waals surface area contributed by atoms with E-state index >= 15 is 0 Å². The lowest BCUT2D eigenvalue weighted by Crippen LogP contribution is -2.11. The van der Waals surface area contributed by atoms with Crippen LogP contribution in [0.2, 0.25) is 0 Å². The molecule has 0 aliphatic carbocycles. The van der Waals surface area contributed by atoms with Gasteiger partial charge in [-0.1, -0.05) is 15.9 Å². The van der Waals surface area contributed by atoms with Crippen LogP contribution in [0.3, 0.4) is 0 Å². The van der Waals surface area contributed by atoms with Crippen LogP contribution in [0.15, 0.2) is 16.6 Å². The number of hydrogen-bond acceptors (Lipinski definition) is 3. The molecule has 0 heterocycles. The first kappa shape index (κ1) is 13.5. The summed E-state index contributed by atoms with van der Waals surface area (Å²) in [5.74, 6) is -0.987. The summed E-state index contributed by atoms with van der Waals surface area (Å²) >= 11 is 2.71. The lowest BCUT2D eigenvalue weighted by Gasteiger charge is -2.11. The van der Waals surface area contributed by atoms with Gasteiger partial charge in [-0.25, -0.2) is 4.79 Å². The molecule has 0 saturated heterocycles. The Morgan fingerprint density at radius 1 is 1.47 bits per heavy atom. The summed E-state index contributed by atoms with van der Waals surface area (Å²) < 4.78 is 41.7. The zero-order valence-corrected chi connectivity index (χ0v) is 10.0. The third-order valence-electron chi connectivity index (χ3n) is 1.94. The first-order valence-corrected chi connectivity index (χ1v) is 4.99. The van der Waals surface area contributed by atoms with Crippen LogP contribution in [0, 0.1) is 11.3 Å². The number of esters is 1. The van der Waals surface area contributed by atoms with Gasteiger partial charge in [-0.15, -0.1) is 0 Å². The lowest BCUT2D eigenvalue weighted by atomic mass is 10.0. The molecule has 7 heteroatoms. The number of methoxy groups -OCH3 is 1. The Kier molecular flexibility index (Phi) is 3.78. The minimum atomic E-state index is -4.62. The standard InChI is InChI=1S/C10H5BrF3NO2/c1-17-9(16)6-3-7(10(12,13)14)8(11)2-5(6)4-15/h2-3H,1H3. The van der Waals surface area contributed by atoms with E-state index in [1.54, 1.807) is 6.07 Å². The van der Waals surface area contributed by atoms with Crippen molar-refractivity contribution in [2.75, 3.05) is 7.11 Å². The van der Waals surface area contributed by atoms with Gasteiger partial charge < -0.3 is 4.74 Å². The summed E-state index contributed by atoms with van der Waals surface area (Å²) in [5.41, 5.74) is -1.63. The predicted molar refractivity (Wildman–Crippen MR) is 55.2 cm³/mol. The van der Waals surface area contributed by atoms with Gasteiger partial charge in [0.15, 0.2) is 0 Å². The minimum Gasteiger partial charge on any atom is -0.465 e. The molecule has 0 aliphatic rings. The van der Waals surface area contributed by atoms with Crippen molar-refractivity contribution in [3.05, 3.63) is 33.3 Å².